The van der Waals surface area contributed by atoms with Crippen LogP contribution in [0.1, 0.15) is 12.5 Å². The Bertz CT molecular complexity index is 431. The summed E-state index contributed by atoms with van der Waals surface area (Å²) < 4.78 is 15.7. The topological polar surface area (TPSA) is 48.0 Å². The first kappa shape index (κ1) is 14.2. The second-order valence-electron chi connectivity index (χ2n) is 3.89. The van der Waals surface area contributed by atoms with Crippen LogP contribution in [0, 0.1) is 0 Å². The van der Waals surface area contributed by atoms with Crippen molar-refractivity contribution in [3.05, 3.63) is 17.7 Å². The van der Waals surface area contributed by atoms with Crippen LogP contribution in [-0.2, 0) is 11.3 Å². The molecule has 1 aromatic rings. The van der Waals surface area contributed by atoms with Gasteiger partial charge in [0.05, 0.1) is 21.3 Å². The Labute approximate surface area is 107 Å². The third kappa shape index (κ3) is 3.06. The molecule has 0 bridgehead atoms. The monoisotopic (exact) mass is 253 g/mol. The first-order chi connectivity index (χ1) is 8.53. The molecule has 0 N–H and O–H groups in total. The van der Waals surface area contributed by atoms with Crippen LogP contribution >= 0.6 is 0 Å². The van der Waals surface area contributed by atoms with Gasteiger partial charge in [0, 0.05) is 32.1 Å². The summed E-state index contributed by atoms with van der Waals surface area (Å²) in [6, 6.07) is 3.57. The standard InChI is InChI=1S/C13H19NO4/c1-9(15)14(2)8-10-6-12(17-4)13(18-5)7-11(10)16-3/h6-7H,8H2,1-5H3. The Kier molecular flexibility index (Phi) is 4.83. The van der Waals surface area contributed by atoms with Crippen LogP contribution in [0.25, 0.3) is 0 Å². The molecule has 0 unspecified atom stereocenters. The molecule has 0 saturated carbocycles. The number of methoxy groups -OCH3 is 3. The maximum absolute atomic E-state index is 11.3. The fourth-order valence-electron chi connectivity index (χ4n) is 1.58. The zero-order valence-corrected chi connectivity index (χ0v) is 11.4. The molecule has 1 amide bonds. The highest BCUT2D eigenvalue weighted by atomic mass is 16.5. The Morgan fingerprint density at radius 1 is 1.06 bits per heavy atom. The molecule has 0 aliphatic carbocycles. The predicted molar refractivity (Wildman–Crippen MR) is 68.2 cm³/mol. The van der Waals surface area contributed by atoms with Gasteiger partial charge in [-0.25, -0.2) is 0 Å². The van der Waals surface area contributed by atoms with Crippen molar-refractivity contribution in [1.29, 1.82) is 0 Å². The van der Waals surface area contributed by atoms with Gasteiger partial charge in [-0.2, -0.15) is 0 Å². The Balaban J connectivity index is 3.13. The maximum atomic E-state index is 11.3. The fourth-order valence-corrected chi connectivity index (χ4v) is 1.58. The highest BCUT2D eigenvalue weighted by Crippen LogP contribution is 2.35. The Hall–Kier alpha value is -1.91. The van der Waals surface area contributed by atoms with Gasteiger partial charge >= 0.3 is 0 Å². The number of rotatable bonds is 5. The summed E-state index contributed by atoms with van der Waals surface area (Å²) in [5, 5.41) is 0. The first-order valence-corrected chi connectivity index (χ1v) is 5.54. The van der Waals surface area contributed by atoms with Gasteiger partial charge < -0.3 is 19.1 Å². The number of hydrogen-bond donors (Lipinski definition) is 0. The number of amides is 1. The average Bonchev–Trinajstić information content (AvgIpc) is 2.37. The van der Waals surface area contributed by atoms with E-state index in [1.165, 1.54) is 6.92 Å². The van der Waals surface area contributed by atoms with E-state index in [0.717, 1.165) is 5.56 Å². The van der Waals surface area contributed by atoms with Crippen molar-refractivity contribution in [1.82, 2.24) is 4.90 Å². The molecule has 0 atom stereocenters. The van der Waals surface area contributed by atoms with Gasteiger partial charge in [0.25, 0.3) is 0 Å². The van der Waals surface area contributed by atoms with E-state index >= 15 is 0 Å². The van der Waals surface area contributed by atoms with E-state index in [2.05, 4.69) is 0 Å². The smallest absolute Gasteiger partial charge is 0.219 e. The van der Waals surface area contributed by atoms with Crippen LogP contribution in [0.4, 0.5) is 0 Å². The number of benzene rings is 1. The number of carbonyl (C=O) groups is 1. The van der Waals surface area contributed by atoms with Crippen molar-refractivity contribution in [2.45, 2.75) is 13.5 Å². The van der Waals surface area contributed by atoms with Crippen LogP contribution in [0.3, 0.4) is 0 Å². The molecular weight excluding hydrogens is 234 g/mol. The van der Waals surface area contributed by atoms with E-state index in [4.69, 9.17) is 14.2 Å². The second-order valence-corrected chi connectivity index (χ2v) is 3.89. The number of nitrogens with zero attached hydrogens (tertiary/aromatic N) is 1. The molecule has 0 aromatic heterocycles. The number of carbonyl (C=O) groups excluding carboxylic acids is 1. The van der Waals surface area contributed by atoms with Crippen LogP contribution in [0.2, 0.25) is 0 Å². The van der Waals surface area contributed by atoms with Gasteiger partial charge in [-0.15, -0.1) is 0 Å². The molecule has 5 heteroatoms. The summed E-state index contributed by atoms with van der Waals surface area (Å²) in [6.45, 7) is 1.98. The van der Waals surface area contributed by atoms with E-state index in [0.29, 0.717) is 23.8 Å². The molecule has 18 heavy (non-hydrogen) atoms. The van der Waals surface area contributed by atoms with Crippen LogP contribution in [0.5, 0.6) is 17.2 Å². The third-order valence-electron chi connectivity index (χ3n) is 2.73. The van der Waals surface area contributed by atoms with Gasteiger partial charge in [-0.05, 0) is 6.07 Å². The van der Waals surface area contributed by atoms with Crippen LogP contribution < -0.4 is 14.2 Å². The minimum absolute atomic E-state index is 0.00756. The minimum atomic E-state index is -0.00756. The normalized spacial score (nSPS) is 9.83. The van der Waals surface area contributed by atoms with Gasteiger partial charge in [-0.1, -0.05) is 0 Å². The lowest BCUT2D eigenvalue weighted by molar-refractivity contribution is -0.128. The zero-order valence-electron chi connectivity index (χ0n) is 11.4. The number of hydrogen-bond acceptors (Lipinski definition) is 4. The molecule has 0 aliphatic rings. The highest BCUT2D eigenvalue weighted by molar-refractivity contribution is 5.73. The minimum Gasteiger partial charge on any atom is -0.496 e. The SMILES string of the molecule is COc1cc(OC)c(OC)cc1CN(C)C(C)=O. The van der Waals surface area contributed by atoms with Gasteiger partial charge in [0.15, 0.2) is 11.5 Å². The summed E-state index contributed by atoms with van der Waals surface area (Å²) in [6.07, 6.45) is 0. The maximum Gasteiger partial charge on any atom is 0.219 e. The quantitative estimate of drug-likeness (QED) is 0.801. The summed E-state index contributed by atoms with van der Waals surface area (Å²) in [5.74, 6) is 1.88. The summed E-state index contributed by atoms with van der Waals surface area (Å²) in [5.41, 5.74) is 0.868. The van der Waals surface area contributed by atoms with Crippen molar-refractivity contribution in [3.63, 3.8) is 0 Å². The Morgan fingerprint density at radius 3 is 2.00 bits per heavy atom. The molecule has 0 spiro atoms. The van der Waals surface area contributed by atoms with E-state index in [1.54, 1.807) is 39.3 Å². The average molecular weight is 253 g/mol. The molecule has 5 nitrogen and oxygen atoms in total. The Morgan fingerprint density at radius 2 is 1.56 bits per heavy atom. The molecule has 0 radical (unpaired) electrons. The molecular formula is C13H19NO4. The lowest BCUT2D eigenvalue weighted by Crippen LogP contribution is -2.23. The van der Waals surface area contributed by atoms with Crippen molar-refractivity contribution in [2.24, 2.45) is 0 Å². The summed E-state index contributed by atoms with van der Waals surface area (Å²) in [7, 11) is 6.46. The van der Waals surface area contributed by atoms with Gasteiger partial charge in [0.2, 0.25) is 5.91 Å². The third-order valence-corrected chi connectivity index (χ3v) is 2.73. The van der Waals surface area contributed by atoms with Gasteiger partial charge in [-0.3, -0.25) is 4.79 Å². The summed E-state index contributed by atoms with van der Waals surface area (Å²) in [4.78, 5) is 12.9. The molecule has 1 rings (SSSR count). The zero-order chi connectivity index (χ0) is 13.7. The molecule has 100 valence electrons. The van der Waals surface area contributed by atoms with E-state index in [-0.39, 0.29) is 5.91 Å². The van der Waals surface area contributed by atoms with Crippen molar-refractivity contribution in [3.8, 4) is 17.2 Å². The molecule has 0 aliphatic heterocycles. The predicted octanol–water partition coefficient (Wildman–Crippen LogP) is 1.69. The van der Waals surface area contributed by atoms with Crippen molar-refractivity contribution in [2.75, 3.05) is 28.4 Å². The van der Waals surface area contributed by atoms with E-state index < -0.39 is 0 Å². The summed E-state index contributed by atoms with van der Waals surface area (Å²) >= 11 is 0. The second kappa shape index (κ2) is 6.14. The van der Waals surface area contributed by atoms with Crippen molar-refractivity contribution < 1.29 is 19.0 Å². The molecule has 0 fully saturated rings. The van der Waals surface area contributed by atoms with Gasteiger partial charge in [0.1, 0.15) is 5.75 Å². The van der Waals surface area contributed by atoms with Crippen LogP contribution in [0.15, 0.2) is 12.1 Å². The molecule has 0 saturated heterocycles. The molecule has 0 heterocycles. The number of ether oxygens (including phenoxy) is 3. The van der Waals surface area contributed by atoms with Crippen molar-refractivity contribution >= 4 is 5.91 Å². The first-order valence-electron chi connectivity index (χ1n) is 5.54. The lowest BCUT2D eigenvalue weighted by Gasteiger charge is -2.19. The van der Waals surface area contributed by atoms with E-state index in [1.807, 2.05) is 6.07 Å². The van der Waals surface area contributed by atoms with E-state index in [9.17, 15) is 4.79 Å². The lowest BCUT2D eigenvalue weighted by atomic mass is 10.1. The fraction of sp³-hybridized carbons (Fsp3) is 0.462. The largest absolute Gasteiger partial charge is 0.496 e. The highest BCUT2D eigenvalue weighted by Gasteiger charge is 2.14. The molecule has 1 aromatic carbocycles. The van der Waals surface area contributed by atoms with Crippen LogP contribution in [-0.4, -0.2) is 39.2 Å².